The third kappa shape index (κ3) is 2.57. The second-order valence-corrected chi connectivity index (χ2v) is 5.09. The molecule has 0 saturated heterocycles. The zero-order valence-corrected chi connectivity index (χ0v) is 11.7. The summed E-state index contributed by atoms with van der Waals surface area (Å²) < 4.78 is 27.2. The van der Waals surface area contributed by atoms with Gasteiger partial charge in [-0.1, -0.05) is 17.7 Å². The highest BCUT2D eigenvalue weighted by atomic mass is 19.1. The van der Waals surface area contributed by atoms with Crippen molar-refractivity contribution in [3.05, 3.63) is 65.4 Å². The van der Waals surface area contributed by atoms with Gasteiger partial charge < -0.3 is 5.32 Å². The summed E-state index contributed by atoms with van der Waals surface area (Å²) in [5.41, 5.74) is 3.92. The Morgan fingerprint density at radius 2 is 1.76 bits per heavy atom. The van der Waals surface area contributed by atoms with Gasteiger partial charge in [-0.25, -0.2) is 8.78 Å². The van der Waals surface area contributed by atoms with Crippen molar-refractivity contribution in [2.24, 2.45) is 0 Å². The standard InChI is InChI=1S/C17H14F2N2/c1-10-3-4-15(11(2)7-10)21-16-5-6-20-17-13(16)8-12(18)9-14(17)19/h3-9H,1-2H3,(H,20,21). The molecule has 1 aromatic heterocycles. The van der Waals surface area contributed by atoms with Crippen LogP contribution in [0.1, 0.15) is 11.1 Å². The predicted molar refractivity (Wildman–Crippen MR) is 80.9 cm³/mol. The fraction of sp³-hybridized carbons (Fsp3) is 0.118. The average Bonchev–Trinajstić information content (AvgIpc) is 2.42. The summed E-state index contributed by atoms with van der Waals surface area (Å²) in [6.07, 6.45) is 1.51. The Kier molecular flexibility index (Phi) is 3.29. The highest BCUT2D eigenvalue weighted by molar-refractivity contribution is 5.93. The highest BCUT2D eigenvalue weighted by Crippen LogP contribution is 2.29. The summed E-state index contributed by atoms with van der Waals surface area (Å²) in [5.74, 6) is -1.27. The number of rotatable bonds is 2. The third-order valence-electron chi connectivity index (χ3n) is 3.41. The molecule has 3 aromatic rings. The van der Waals surface area contributed by atoms with Crippen molar-refractivity contribution in [2.45, 2.75) is 13.8 Å². The van der Waals surface area contributed by atoms with Gasteiger partial charge in [-0.15, -0.1) is 0 Å². The second-order valence-electron chi connectivity index (χ2n) is 5.09. The van der Waals surface area contributed by atoms with Crippen molar-refractivity contribution in [3.8, 4) is 0 Å². The normalized spacial score (nSPS) is 10.9. The Balaban J connectivity index is 2.12. The van der Waals surface area contributed by atoms with E-state index in [4.69, 9.17) is 0 Å². The summed E-state index contributed by atoms with van der Waals surface area (Å²) >= 11 is 0. The van der Waals surface area contributed by atoms with Gasteiger partial charge in [0.25, 0.3) is 0 Å². The van der Waals surface area contributed by atoms with Crippen molar-refractivity contribution in [1.29, 1.82) is 0 Å². The SMILES string of the molecule is Cc1ccc(Nc2ccnc3c(F)cc(F)cc23)c(C)c1. The Morgan fingerprint density at radius 1 is 0.952 bits per heavy atom. The van der Waals surface area contributed by atoms with Gasteiger partial charge in [0.05, 0.1) is 0 Å². The first-order chi connectivity index (χ1) is 10.0. The number of nitrogens with zero attached hydrogens (tertiary/aromatic N) is 1. The number of halogens is 2. The van der Waals surface area contributed by atoms with Crippen LogP contribution in [0.5, 0.6) is 0 Å². The van der Waals surface area contributed by atoms with Crippen LogP contribution in [0.15, 0.2) is 42.6 Å². The lowest BCUT2D eigenvalue weighted by atomic mass is 10.1. The van der Waals surface area contributed by atoms with Gasteiger partial charge in [0.1, 0.15) is 11.3 Å². The summed E-state index contributed by atoms with van der Waals surface area (Å²) in [4.78, 5) is 3.98. The van der Waals surface area contributed by atoms with E-state index in [1.54, 1.807) is 6.07 Å². The number of aromatic nitrogens is 1. The molecule has 0 aliphatic carbocycles. The molecular formula is C17H14F2N2. The van der Waals surface area contributed by atoms with E-state index in [1.807, 2.05) is 32.0 Å². The molecule has 0 unspecified atom stereocenters. The van der Waals surface area contributed by atoms with E-state index < -0.39 is 11.6 Å². The number of benzene rings is 2. The van der Waals surface area contributed by atoms with E-state index in [9.17, 15) is 8.78 Å². The van der Waals surface area contributed by atoms with E-state index in [1.165, 1.54) is 12.3 Å². The molecular weight excluding hydrogens is 270 g/mol. The topological polar surface area (TPSA) is 24.9 Å². The molecule has 0 spiro atoms. The van der Waals surface area contributed by atoms with Crippen molar-refractivity contribution in [2.75, 3.05) is 5.32 Å². The summed E-state index contributed by atoms with van der Waals surface area (Å²) in [6, 6.07) is 9.83. The molecule has 21 heavy (non-hydrogen) atoms. The van der Waals surface area contributed by atoms with Crippen LogP contribution in [-0.2, 0) is 0 Å². The molecule has 0 amide bonds. The minimum absolute atomic E-state index is 0.158. The van der Waals surface area contributed by atoms with Crippen LogP contribution in [0, 0.1) is 25.5 Å². The van der Waals surface area contributed by atoms with E-state index in [0.29, 0.717) is 11.1 Å². The van der Waals surface area contributed by atoms with E-state index in [-0.39, 0.29) is 5.52 Å². The minimum atomic E-state index is -0.658. The maximum absolute atomic E-state index is 13.8. The molecule has 0 bridgehead atoms. The van der Waals surface area contributed by atoms with Crippen molar-refractivity contribution >= 4 is 22.3 Å². The van der Waals surface area contributed by atoms with Gasteiger partial charge >= 0.3 is 0 Å². The molecule has 0 aliphatic rings. The zero-order chi connectivity index (χ0) is 15.0. The molecule has 0 aliphatic heterocycles. The minimum Gasteiger partial charge on any atom is -0.355 e. The molecule has 4 heteroatoms. The van der Waals surface area contributed by atoms with Gasteiger partial charge in [0.2, 0.25) is 0 Å². The van der Waals surface area contributed by atoms with Gasteiger partial charge in [-0.2, -0.15) is 0 Å². The van der Waals surface area contributed by atoms with Crippen LogP contribution in [0.2, 0.25) is 0 Å². The van der Waals surface area contributed by atoms with E-state index in [0.717, 1.165) is 22.9 Å². The summed E-state index contributed by atoms with van der Waals surface area (Å²) in [5, 5.41) is 3.65. The fourth-order valence-corrected chi connectivity index (χ4v) is 2.39. The number of hydrogen-bond donors (Lipinski definition) is 1. The van der Waals surface area contributed by atoms with Gasteiger partial charge in [-0.05, 0) is 37.6 Å². The van der Waals surface area contributed by atoms with Gasteiger partial charge in [0, 0.05) is 29.0 Å². The zero-order valence-electron chi connectivity index (χ0n) is 11.7. The van der Waals surface area contributed by atoms with Gasteiger partial charge in [0.15, 0.2) is 5.82 Å². The molecule has 106 valence electrons. The van der Waals surface area contributed by atoms with Crippen LogP contribution in [0.25, 0.3) is 10.9 Å². The Labute approximate surface area is 121 Å². The van der Waals surface area contributed by atoms with Crippen molar-refractivity contribution in [1.82, 2.24) is 4.98 Å². The Morgan fingerprint density at radius 3 is 2.52 bits per heavy atom. The Bertz CT molecular complexity index is 828. The first kappa shape index (κ1) is 13.5. The van der Waals surface area contributed by atoms with Crippen LogP contribution in [-0.4, -0.2) is 4.98 Å². The number of fused-ring (bicyclic) bond motifs is 1. The fourth-order valence-electron chi connectivity index (χ4n) is 2.39. The molecule has 2 aromatic carbocycles. The largest absolute Gasteiger partial charge is 0.355 e. The quantitative estimate of drug-likeness (QED) is 0.726. The number of aryl methyl sites for hydroxylation is 2. The molecule has 0 radical (unpaired) electrons. The van der Waals surface area contributed by atoms with Crippen LogP contribution >= 0.6 is 0 Å². The monoisotopic (exact) mass is 284 g/mol. The smallest absolute Gasteiger partial charge is 0.152 e. The lowest BCUT2D eigenvalue weighted by Gasteiger charge is -2.12. The van der Waals surface area contributed by atoms with E-state index in [2.05, 4.69) is 10.3 Å². The molecule has 3 rings (SSSR count). The Hall–Kier alpha value is -2.49. The first-order valence-corrected chi connectivity index (χ1v) is 6.62. The van der Waals surface area contributed by atoms with Crippen molar-refractivity contribution in [3.63, 3.8) is 0 Å². The molecule has 0 atom stereocenters. The molecule has 0 saturated carbocycles. The first-order valence-electron chi connectivity index (χ1n) is 6.62. The third-order valence-corrected chi connectivity index (χ3v) is 3.41. The van der Waals surface area contributed by atoms with Crippen LogP contribution in [0.3, 0.4) is 0 Å². The summed E-state index contributed by atoms with van der Waals surface area (Å²) in [6.45, 7) is 4.00. The number of hydrogen-bond acceptors (Lipinski definition) is 2. The lowest BCUT2D eigenvalue weighted by molar-refractivity contribution is 0.590. The van der Waals surface area contributed by atoms with Crippen LogP contribution in [0.4, 0.5) is 20.2 Å². The maximum atomic E-state index is 13.8. The molecule has 2 nitrogen and oxygen atoms in total. The van der Waals surface area contributed by atoms with Crippen LogP contribution < -0.4 is 5.32 Å². The maximum Gasteiger partial charge on any atom is 0.152 e. The van der Waals surface area contributed by atoms with Gasteiger partial charge in [-0.3, -0.25) is 4.98 Å². The summed E-state index contributed by atoms with van der Waals surface area (Å²) in [7, 11) is 0. The molecule has 0 fully saturated rings. The number of anilines is 2. The highest BCUT2D eigenvalue weighted by Gasteiger charge is 2.10. The molecule has 1 N–H and O–H groups in total. The predicted octanol–water partition coefficient (Wildman–Crippen LogP) is 4.87. The van der Waals surface area contributed by atoms with Crippen molar-refractivity contribution < 1.29 is 8.78 Å². The number of pyridine rings is 1. The lowest BCUT2D eigenvalue weighted by Crippen LogP contribution is -1.97. The van der Waals surface area contributed by atoms with E-state index >= 15 is 0 Å². The average molecular weight is 284 g/mol. The molecule has 1 heterocycles. The second kappa shape index (κ2) is 5.13. The number of nitrogens with one attached hydrogen (secondary N) is 1.